The summed E-state index contributed by atoms with van der Waals surface area (Å²) in [5.74, 6) is 0. The lowest BCUT2D eigenvalue weighted by atomic mass is 9.75. The summed E-state index contributed by atoms with van der Waals surface area (Å²) in [5, 5.41) is 17.2. The van der Waals surface area contributed by atoms with Gasteiger partial charge < -0.3 is 23.0 Å². The first-order chi connectivity index (χ1) is 5.91. The molecule has 70 valence electrons. The lowest BCUT2D eigenvalue weighted by Gasteiger charge is -2.14. The second-order valence-electron chi connectivity index (χ2n) is 2.62. The van der Waals surface area contributed by atoms with Gasteiger partial charge in [-0.05, 0) is 5.46 Å². The molecule has 2 N–H and O–H groups in total. The summed E-state index contributed by atoms with van der Waals surface area (Å²) in [7, 11) is -1.73. The normalized spacial score (nSPS) is 11.5. The van der Waals surface area contributed by atoms with E-state index >= 15 is 0 Å². The Morgan fingerprint density at radius 3 is 1.77 bits per heavy atom. The van der Waals surface area contributed by atoms with Crippen LogP contribution in [-0.2, 0) is 0 Å². The van der Waals surface area contributed by atoms with E-state index in [1.807, 2.05) is 0 Å². The minimum atomic E-state index is -5.00. The van der Waals surface area contributed by atoms with Gasteiger partial charge in [0.05, 0.1) is 0 Å². The maximum absolute atomic E-state index is 12.1. The van der Waals surface area contributed by atoms with E-state index in [1.54, 1.807) is 0 Å². The maximum Gasteiger partial charge on any atom is 0.509 e. The minimum Gasteiger partial charge on any atom is -0.445 e. The van der Waals surface area contributed by atoms with Crippen molar-refractivity contribution in [1.82, 2.24) is 0 Å². The molecule has 7 heteroatoms. The van der Waals surface area contributed by atoms with Crippen molar-refractivity contribution in [3.8, 4) is 0 Å². The van der Waals surface area contributed by atoms with E-state index in [0.717, 1.165) is 24.3 Å². The van der Waals surface area contributed by atoms with E-state index < -0.39 is 19.6 Å². The molecule has 0 heterocycles. The van der Waals surface area contributed by atoms with Crippen LogP contribution >= 0.6 is 0 Å². The SMILES string of the molecule is OB(O)c1ccc([B-](F)(F)F)cc1. The molecular weight excluding hydrogens is 183 g/mol. The van der Waals surface area contributed by atoms with Crippen molar-refractivity contribution >= 4 is 25.0 Å². The van der Waals surface area contributed by atoms with E-state index in [2.05, 4.69) is 0 Å². The molecule has 0 fully saturated rings. The van der Waals surface area contributed by atoms with Crippen LogP contribution in [0.1, 0.15) is 0 Å². The summed E-state index contributed by atoms with van der Waals surface area (Å²) in [4.78, 5) is 0. The average Bonchev–Trinajstić information content (AvgIpc) is 2.03. The molecule has 0 aromatic heterocycles. The minimum absolute atomic E-state index is 0.0452. The summed E-state index contributed by atoms with van der Waals surface area (Å²) in [6.45, 7) is -5.00. The molecule has 1 aromatic carbocycles. The van der Waals surface area contributed by atoms with Crippen LogP contribution in [0.15, 0.2) is 24.3 Å². The van der Waals surface area contributed by atoms with Gasteiger partial charge in [-0.25, -0.2) is 0 Å². The molecule has 0 saturated carbocycles. The monoisotopic (exact) mass is 189 g/mol. The summed E-state index contributed by atoms with van der Waals surface area (Å²) >= 11 is 0. The third kappa shape index (κ3) is 2.50. The molecule has 0 atom stereocenters. The van der Waals surface area contributed by atoms with Crippen LogP contribution < -0.4 is 10.9 Å². The molecule has 0 aliphatic heterocycles. The van der Waals surface area contributed by atoms with Crippen molar-refractivity contribution in [2.24, 2.45) is 0 Å². The van der Waals surface area contributed by atoms with Crippen molar-refractivity contribution in [2.45, 2.75) is 0 Å². The Labute approximate surface area is 73.2 Å². The third-order valence-electron chi connectivity index (χ3n) is 1.61. The first-order valence-corrected chi connectivity index (χ1v) is 3.57. The van der Waals surface area contributed by atoms with Crippen molar-refractivity contribution in [2.75, 3.05) is 0 Å². The van der Waals surface area contributed by atoms with Crippen molar-refractivity contribution in [3.63, 3.8) is 0 Å². The molecule has 0 radical (unpaired) electrons. The van der Waals surface area contributed by atoms with Crippen molar-refractivity contribution in [1.29, 1.82) is 0 Å². The second kappa shape index (κ2) is 3.43. The van der Waals surface area contributed by atoms with E-state index in [4.69, 9.17) is 10.0 Å². The van der Waals surface area contributed by atoms with E-state index in [-0.39, 0.29) is 5.46 Å². The smallest absolute Gasteiger partial charge is 0.445 e. The van der Waals surface area contributed by atoms with Gasteiger partial charge in [-0.2, -0.15) is 0 Å². The zero-order chi connectivity index (χ0) is 10.1. The number of benzene rings is 1. The largest absolute Gasteiger partial charge is 0.509 e. The van der Waals surface area contributed by atoms with Crippen LogP contribution in [0, 0.1) is 0 Å². The summed E-state index contributed by atoms with van der Waals surface area (Å²) in [5.41, 5.74) is -0.701. The van der Waals surface area contributed by atoms with Gasteiger partial charge in [0.15, 0.2) is 0 Å². The molecule has 1 aromatic rings. The van der Waals surface area contributed by atoms with Gasteiger partial charge in [-0.1, -0.05) is 24.3 Å². The highest BCUT2D eigenvalue weighted by atomic mass is 19.4. The Hall–Kier alpha value is -0.940. The van der Waals surface area contributed by atoms with Gasteiger partial charge in [0, 0.05) is 0 Å². The Morgan fingerprint density at radius 2 is 1.46 bits per heavy atom. The van der Waals surface area contributed by atoms with Crippen LogP contribution in [0.3, 0.4) is 0 Å². The molecule has 0 saturated heterocycles. The first-order valence-electron chi connectivity index (χ1n) is 3.57. The second-order valence-corrected chi connectivity index (χ2v) is 2.62. The lowest BCUT2D eigenvalue weighted by molar-refractivity contribution is 0.425. The molecule has 0 unspecified atom stereocenters. The fraction of sp³-hybridized carbons (Fsp3) is 0. The van der Waals surface area contributed by atoms with Crippen LogP contribution in [0.5, 0.6) is 0 Å². The topological polar surface area (TPSA) is 40.5 Å². The fourth-order valence-corrected chi connectivity index (χ4v) is 0.886. The summed E-state index contributed by atoms with van der Waals surface area (Å²) in [6.07, 6.45) is 0. The lowest BCUT2D eigenvalue weighted by Crippen LogP contribution is -2.37. The molecule has 0 spiro atoms. The molecular formula is C6H6B2F3O2-. The number of halogens is 3. The van der Waals surface area contributed by atoms with Crippen molar-refractivity contribution < 1.29 is 23.0 Å². The number of rotatable bonds is 2. The summed E-state index contributed by atoms with van der Waals surface area (Å²) < 4.78 is 36.2. The molecule has 0 bridgehead atoms. The van der Waals surface area contributed by atoms with Gasteiger partial charge in [-0.15, -0.1) is 5.46 Å². The quantitative estimate of drug-likeness (QED) is 0.610. The standard InChI is InChI=1S/C6H6B2F3O2/c9-8(10,11)6-3-1-5(2-4-6)7(12)13/h1-4,12-13H/q-1. The molecule has 13 heavy (non-hydrogen) atoms. The Morgan fingerprint density at radius 1 is 1.00 bits per heavy atom. The number of hydrogen-bond donors (Lipinski definition) is 2. The van der Waals surface area contributed by atoms with Crippen LogP contribution in [-0.4, -0.2) is 24.1 Å². The van der Waals surface area contributed by atoms with Crippen LogP contribution in [0.2, 0.25) is 0 Å². The number of hydrogen-bond acceptors (Lipinski definition) is 2. The zero-order valence-electron chi connectivity index (χ0n) is 6.49. The highest BCUT2D eigenvalue weighted by Gasteiger charge is 2.25. The predicted molar refractivity (Wildman–Crippen MR) is 45.0 cm³/mol. The molecule has 0 amide bonds. The van der Waals surface area contributed by atoms with E-state index in [0.29, 0.717) is 0 Å². The Bertz CT molecular complexity index is 283. The molecule has 2 nitrogen and oxygen atoms in total. The highest BCUT2D eigenvalue weighted by Crippen LogP contribution is 2.07. The first kappa shape index (κ1) is 10.1. The summed E-state index contributed by atoms with van der Waals surface area (Å²) in [6, 6.07) is 3.73. The fourth-order valence-electron chi connectivity index (χ4n) is 0.886. The molecule has 1 rings (SSSR count). The third-order valence-corrected chi connectivity index (χ3v) is 1.61. The van der Waals surface area contributed by atoms with E-state index in [9.17, 15) is 12.9 Å². The van der Waals surface area contributed by atoms with Gasteiger partial charge >= 0.3 is 14.1 Å². The van der Waals surface area contributed by atoms with Gasteiger partial charge in [0.1, 0.15) is 0 Å². The molecule has 0 aliphatic carbocycles. The van der Waals surface area contributed by atoms with Gasteiger partial charge in [0.25, 0.3) is 0 Å². The van der Waals surface area contributed by atoms with Crippen LogP contribution in [0.25, 0.3) is 0 Å². The van der Waals surface area contributed by atoms with Gasteiger partial charge in [0.2, 0.25) is 0 Å². The van der Waals surface area contributed by atoms with Crippen molar-refractivity contribution in [3.05, 3.63) is 24.3 Å². The highest BCUT2D eigenvalue weighted by molar-refractivity contribution is 6.73. The van der Waals surface area contributed by atoms with Gasteiger partial charge in [-0.3, -0.25) is 0 Å². The molecule has 0 aliphatic rings. The van der Waals surface area contributed by atoms with Crippen LogP contribution in [0.4, 0.5) is 12.9 Å². The Kier molecular flexibility index (Phi) is 2.68. The zero-order valence-corrected chi connectivity index (χ0v) is 6.49. The average molecular weight is 189 g/mol. The van der Waals surface area contributed by atoms with E-state index in [1.165, 1.54) is 0 Å². The predicted octanol–water partition coefficient (Wildman–Crippen LogP) is -0.579. The Balaban J connectivity index is 2.94. The maximum atomic E-state index is 12.1.